The first-order valence-corrected chi connectivity index (χ1v) is 12.2. The van der Waals surface area contributed by atoms with Gasteiger partial charge in [-0.2, -0.15) is 0 Å². The molecule has 3 N–H and O–H groups in total. The van der Waals surface area contributed by atoms with Gasteiger partial charge in [0.2, 0.25) is 5.91 Å². The van der Waals surface area contributed by atoms with Crippen LogP contribution in [-0.4, -0.2) is 30.1 Å². The Morgan fingerprint density at radius 1 is 1.06 bits per heavy atom. The Balaban J connectivity index is 1.76. The first-order valence-electron chi connectivity index (χ1n) is 12.2. The Hall–Kier alpha value is -4.14. The molecule has 0 spiro atoms. The number of benzene rings is 2. The van der Waals surface area contributed by atoms with Gasteiger partial charge in [0.05, 0.1) is 0 Å². The topological polar surface area (TPSA) is 122 Å². The van der Waals surface area contributed by atoms with Crippen molar-refractivity contribution >= 4 is 22.8 Å². The first-order chi connectivity index (χ1) is 17.4. The summed E-state index contributed by atoms with van der Waals surface area (Å²) in [6.45, 7) is 4.03. The minimum Gasteiger partial charge on any atom is -0.508 e. The highest BCUT2D eigenvalue weighted by Crippen LogP contribution is 2.22. The van der Waals surface area contributed by atoms with Crippen LogP contribution in [0.25, 0.3) is 11.2 Å². The number of anilines is 1. The second kappa shape index (κ2) is 11.1. The number of aromatic hydroxyl groups is 1. The number of imidazole rings is 1. The van der Waals surface area contributed by atoms with E-state index < -0.39 is 5.69 Å². The fraction of sp³-hybridized carbons (Fsp3) is 0.333. The Bertz CT molecular complexity index is 1480. The second-order valence-electron chi connectivity index (χ2n) is 8.92. The van der Waals surface area contributed by atoms with Crippen molar-refractivity contribution in [3.05, 3.63) is 86.3 Å². The van der Waals surface area contributed by atoms with E-state index in [2.05, 4.69) is 22.2 Å². The number of rotatable bonds is 10. The van der Waals surface area contributed by atoms with Crippen molar-refractivity contribution in [3.8, 4) is 5.75 Å². The zero-order valence-corrected chi connectivity index (χ0v) is 20.6. The predicted molar refractivity (Wildman–Crippen MR) is 140 cm³/mol. The molecule has 0 aliphatic carbocycles. The number of phenols is 1. The number of carbonyl (C=O) groups is 1. The number of H-pyrrole nitrogens is 1. The molecule has 9 nitrogen and oxygen atoms in total. The Labute approximate surface area is 208 Å². The highest BCUT2D eigenvalue weighted by molar-refractivity contribution is 5.89. The van der Waals surface area contributed by atoms with Crippen LogP contribution in [0.3, 0.4) is 0 Å². The lowest BCUT2D eigenvalue weighted by atomic mass is 10.1. The van der Waals surface area contributed by atoms with Gasteiger partial charge in [0.1, 0.15) is 17.1 Å². The molecule has 2 aromatic carbocycles. The second-order valence-corrected chi connectivity index (χ2v) is 8.92. The highest BCUT2D eigenvalue weighted by Gasteiger charge is 2.18. The summed E-state index contributed by atoms with van der Waals surface area (Å²) >= 11 is 0. The minimum absolute atomic E-state index is 0.0612. The molecule has 0 aliphatic rings. The van der Waals surface area contributed by atoms with E-state index in [9.17, 15) is 19.5 Å². The number of fused-ring (bicyclic) bond motifs is 1. The summed E-state index contributed by atoms with van der Waals surface area (Å²) in [5.41, 5.74) is 2.10. The number of carbonyl (C=O) groups excluding carboxylic acids is 1. The molecule has 0 saturated heterocycles. The summed E-state index contributed by atoms with van der Waals surface area (Å²) in [5, 5.41) is 12.8. The SMILES string of the molecule is CCCCCn1c(=O)c2[nH]c(Cc3ccccc3)nc2n(CCc2cc(O)ccc2NC(C)=O)c1=O. The number of unbranched alkanes of at least 4 members (excludes halogenated alkanes) is 2. The molecule has 0 saturated carbocycles. The third-order valence-corrected chi connectivity index (χ3v) is 6.11. The average molecular weight is 490 g/mol. The number of nitrogens with zero attached hydrogens (tertiary/aromatic N) is 3. The van der Waals surface area contributed by atoms with Crippen LogP contribution in [0.15, 0.2) is 58.1 Å². The number of amides is 1. The number of aromatic nitrogens is 4. The van der Waals surface area contributed by atoms with Gasteiger partial charge in [0.25, 0.3) is 5.56 Å². The molecule has 0 fully saturated rings. The maximum atomic E-state index is 13.5. The van der Waals surface area contributed by atoms with E-state index in [0.717, 1.165) is 24.8 Å². The van der Waals surface area contributed by atoms with Gasteiger partial charge in [-0.25, -0.2) is 9.78 Å². The summed E-state index contributed by atoms with van der Waals surface area (Å²) in [6.07, 6.45) is 3.45. The molecule has 2 heterocycles. The van der Waals surface area contributed by atoms with Crippen LogP contribution in [0.5, 0.6) is 5.75 Å². The van der Waals surface area contributed by atoms with Crippen LogP contribution in [0, 0.1) is 0 Å². The van der Waals surface area contributed by atoms with Crippen LogP contribution in [-0.2, 0) is 30.7 Å². The molecule has 0 atom stereocenters. The van der Waals surface area contributed by atoms with Gasteiger partial charge in [0.15, 0.2) is 5.65 Å². The van der Waals surface area contributed by atoms with E-state index in [4.69, 9.17) is 0 Å². The first kappa shape index (κ1) is 25.0. The van der Waals surface area contributed by atoms with Gasteiger partial charge in [-0.3, -0.25) is 18.7 Å². The Morgan fingerprint density at radius 3 is 2.56 bits per heavy atom. The maximum Gasteiger partial charge on any atom is 0.332 e. The number of nitrogens with one attached hydrogen (secondary N) is 2. The van der Waals surface area contributed by atoms with E-state index in [1.807, 2.05) is 30.3 Å². The van der Waals surface area contributed by atoms with Crippen molar-refractivity contribution < 1.29 is 9.90 Å². The Morgan fingerprint density at radius 2 is 1.83 bits per heavy atom. The average Bonchev–Trinajstić information content (AvgIpc) is 3.27. The molecule has 0 bridgehead atoms. The van der Waals surface area contributed by atoms with Gasteiger partial charge in [-0.05, 0) is 42.2 Å². The maximum absolute atomic E-state index is 13.5. The standard InChI is InChI=1S/C27H31N5O4/c1-3-4-8-14-32-26(35)24-25(30-23(29-24)16-19-9-6-5-7-10-19)31(27(32)36)15-13-20-17-21(34)11-12-22(20)28-18(2)33/h5-7,9-12,17,34H,3-4,8,13-16H2,1-2H3,(H,28,33)(H,29,30). The number of hydrogen-bond acceptors (Lipinski definition) is 5. The number of phenolic OH excluding ortho intramolecular Hbond substituents is 1. The summed E-state index contributed by atoms with van der Waals surface area (Å²) in [6, 6.07) is 14.5. The highest BCUT2D eigenvalue weighted by atomic mass is 16.3. The molecule has 4 aromatic rings. The van der Waals surface area contributed by atoms with Gasteiger partial charge >= 0.3 is 5.69 Å². The molecule has 9 heteroatoms. The van der Waals surface area contributed by atoms with Crippen LogP contribution < -0.4 is 16.6 Å². The molecule has 0 radical (unpaired) electrons. The summed E-state index contributed by atoms with van der Waals surface area (Å²) in [4.78, 5) is 46.2. The van der Waals surface area contributed by atoms with Crippen molar-refractivity contribution in [3.63, 3.8) is 0 Å². The van der Waals surface area contributed by atoms with E-state index in [1.54, 1.807) is 12.1 Å². The molecule has 0 unspecified atom stereocenters. The van der Waals surface area contributed by atoms with Crippen molar-refractivity contribution in [2.75, 3.05) is 5.32 Å². The third-order valence-electron chi connectivity index (χ3n) is 6.11. The predicted octanol–water partition coefficient (Wildman–Crippen LogP) is 3.57. The van der Waals surface area contributed by atoms with Gasteiger partial charge in [-0.1, -0.05) is 50.1 Å². The molecule has 36 heavy (non-hydrogen) atoms. The number of hydrogen-bond donors (Lipinski definition) is 3. The normalized spacial score (nSPS) is 11.2. The van der Waals surface area contributed by atoms with Crippen molar-refractivity contribution in [2.24, 2.45) is 0 Å². The fourth-order valence-corrected chi connectivity index (χ4v) is 4.34. The zero-order chi connectivity index (χ0) is 25.7. The van der Waals surface area contributed by atoms with E-state index in [1.165, 1.54) is 22.1 Å². The molecule has 188 valence electrons. The third kappa shape index (κ3) is 5.56. The Kier molecular flexibility index (Phi) is 7.68. The van der Waals surface area contributed by atoms with Gasteiger partial charge in [-0.15, -0.1) is 0 Å². The lowest BCUT2D eigenvalue weighted by molar-refractivity contribution is -0.114. The summed E-state index contributed by atoms with van der Waals surface area (Å²) in [7, 11) is 0. The monoisotopic (exact) mass is 489 g/mol. The van der Waals surface area contributed by atoms with Gasteiger partial charge in [0, 0.05) is 32.1 Å². The summed E-state index contributed by atoms with van der Waals surface area (Å²) in [5.74, 6) is 0.430. The molecule has 4 rings (SSSR count). The lowest BCUT2D eigenvalue weighted by Crippen LogP contribution is -2.40. The smallest absolute Gasteiger partial charge is 0.332 e. The van der Waals surface area contributed by atoms with Crippen molar-refractivity contribution in [1.82, 2.24) is 19.1 Å². The zero-order valence-electron chi connectivity index (χ0n) is 20.6. The van der Waals surface area contributed by atoms with Gasteiger partial charge < -0.3 is 15.4 Å². The largest absolute Gasteiger partial charge is 0.508 e. The van der Waals surface area contributed by atoms with E-state index >= 15 is 0 Å². The quantitative estimate of drug-likeness (QED) is 0.232. The van der Waals surface area contributed by atoms with E-state index in [-0.39, 0.29) is 23.8 Å². The lowest BCUT2D eigenvalue weighted by Gasteiger charge is -2.14. The molecule has 0 aliphatic heterocycles. The molecule has 1 amide bonds. The van der Waals surface area contributed by atoms with Crippen LogP contribution in [0.1, 0.15) is 50.1 Å². The van der Waals surface area contributed by atoms with Crippen LogP contribution in [0.2, 0.25) is 0 Å². The molecule has 2 aromatic heterocycles. The van der Waals surface area contributed by atoms with Crippen molar-refractivity contribution in [1.29, 1.82) is 0 Å². The minimum atomic E-state index is -0.414. The van der Waals surface area contributed by atoms with Crippen LogP contribution >= 0.6 is 0 Å². The van der Waals surface area contributed by atoms with Crippen LogP contribution in [0.4, 0.5) is 5.69 Å². The van der Waals surface area contributed by atoms with Crippen molar-refractivity contribution in [2.45, 2.75) is 59.0 Å². The van der Waals surface area contributed by atoms with E-state index in [0.29, 0.717) is 47.6 Å². The number of aryl methyl sites for hydroxylation is 2. The molecular weight excluding hydrogens is 458 g/mol. The number of aromatic amines is 1. The molecular formula is C27H31N5O4. The fourth-order valence-electron chi connectivity index (χ4n) is 4.34. The summed E-state index contributed by atoms with van der Waals surface area (Å²) < 4.78 is 2.79.